The summed E-state index contributed by atoms with van der Waals surface area (Å²) in [5.41, 5.74) is 2.76. The Morgan fingerprint density at radius 2 is 2.15 bits per heavy atom. The molecule has 0 radical (unpaired) electrons. The summed E-state index contributed by atoms with van der Waals surface area (Å²) >= 11 is 5.81. The smallest absolute Gasteiger partial charge is 0.0653 e. The highest BCUT2D eigenvalue weighted by Crippen LogP contribution is 2.45. The van der Waals surface area contributed by atoms with E-state index in [0.717, 1.165) is 5.75 Å². The van der Waals surface area contributed by atoms with Crippen LogP contribution < -0.4 is 5.32 Å². The summed E-state index contributed by atoms with van der Waals surface area (Å²) in [7, 11) is 0. The lowest BCUT2D eigenvalue weighted by atomic mass is 10.0. The van der Waals surface area contributed by atoms with Gasteiger partial charge in [-0.15, -0.1) is 34.9 Å². The van der Waals surface area contributed by atoms with Crippen LogP contribution in [0.5, 0.6) is 0 Å². The molecular formula is C16H19NS3. The molecule has 1 aliphatic rings. The largest absolute Gasteiger partial charge is 0.377 e. The van der Waals surface area contributed by atoms with Crippen LogP contribution in [-0.4, -0.2) is 11.0 Å². The number of para-hydroxylation sites is 1. The molecule has 0 saturated heterocycles. The van der Waals surface area contributed by atoms with Gasteiger partial charge in [0.15, 0.2) is 0 Å². The van der Waals surface area contributed by atoms with Crippen molar-refractivity contribution in [3.05, 3.63) is 41.3 Å². The zero-order valence-corrected chi connectivity index (χ0v) is 14.2. The molecular weight excluding hydrogens is 302 g/mol. The number of rotatable bonds is 4. The van der Waals surface area contributed by atoms with E-state index in [-0.39, 0.29) is 0 Å². The lowest BCUT2D eigenvalue weighted by Crippen LogP contribution is -2.19. The molecule has 4 heteroatoms. The summed E-state index contributed by atoms with van der Waals surface area (Å²) in [6.45, 7) is 4.53. The van der Waals surface area contributed by atoms with E-state index < -0.39 is 0 Å². The highest BCUT2D eigenvalue weighted by Gasteiger charge is 2.26. The first kappa shape index (κ1) is 14.4. The van der Waals surface area contributed by atoms with Gasteiger partial charge in [0.1, 0.15) is 0 Å². The molecule has 1 aromatic heterocycles. The quantitative estimate of drug-likeness (QED) is 0.704. The average molecular weight is 322 g/mol. The Morgan fingerprint density at radius 3 is 3.00 bits per heavy atom. The van der Waals surface area contributed by atoms with Crippen LogP contribution >= 0.6 is 34.9 Å². The van der Waals surface area contributed by atoms with Crippen molar-refractivity contribution in [2.24, 2.45) is 0 Å². The second kappa shape index (κ2) is 6.46. The van der Waals surface area contributed by atoms with Crippen molar-refractivity contribution in [2.45, 2.75) is 40.7 Å². The van der Waals surface area contributed by atoms with E-state index in [4.69, 9.17) is 0 Å². The predicted molar refractivity (Wildman–Crippen MR) is 93.5 cm³/mol. The molecule has 2 aromatic rings. The maximum Gasteiger partial charge on any atom is 0.0653 e. The molecule has 1 aromatic carbocycles. The van der Waals surface area contributed by atoms with Crippen LogP contribution in [0, 0.1) is 0 Å². The third kappa shape index (κ3) is 3.02. The van der Waals surface area contributed by atoms with Crippen LogP contribution in [0.4, 0.5) is 5.69 Å². The highest BCUT2D eigenvalue weighted by atomic mass is 32.2. The molecule has 20 heavy (non-hydrogen) atoms. The molecule has 0 fully saturated rings. The lowest BCUT2D eigenvalue weighted by Gasteiger charge is -2.29. The first-order chi connectivity index (χ1) is 9.78. The molecule has 0 saturated carbocycles. The van der Waals surface area contributed by atoms with Gasteiger partial charge in [-0.05, 0) is 41.3 Å². The molecule has 1 unspecified atom stereocenters. The summed E-state index contributed by atoms with van der Waals surface area (Å²) in [6, 6.07) is 11.4. The molecule has 106 valence electrons. The van der Waals surface area contributed by atoms with Crippen LogP contribution in [0.1, 0.15) is 31.9 Å². The fourth-order valence-electron chi connectivity index (χ4n) is 2.54. The lowest BCUT2D eigenvalue weighted by molar-refractivity contribution is 0.668. The third-order valence-corrected chi connectivity index (χ3v) is 6.73. The summed E-state index contributed by atoms with van der Waals surface area (Å²) in [6.07, 6.45) is 1.19. The van der Waals surface area contributed by atoms with Crippen LogP contribution in [-0.2, 0) is 0 Å². The Hall–Kier alpha value is -0.580. The van der Waals surface area contributed by atoms with Crippen molar-refractivity contribution < 1.29 is 0 Å². The Kier molecular flexibility index (Phi) is 4.64. The van der Waals surface area contributed by atoms with Crippen molar-refractivity contribution >= 4 is 40.5 Å². The van der Waals surface area contributed by atoms with Gasteiger partial charge in [-0.1, -0.05) is 26.0 Å². The molecule has 0 amide bonds. The zero-order valence-electron chi connectivity index (χ0n) is 11.8. The zero-order chi connectivity index (χ0) is 13.9. The Balaban J connectivity index is 1.85. The van der Waals surface area contributed by atoms with E-state index >= 15 is 0 Å². The number of thiophene rings is 1. The van der Waals surface area contributed by atoms with Crippen molar-refractivity contribution in [1.82, 2.24) is 0 Å². The van der Waals surface area contributed by atoms with E-state index in [1.165, 1.54) is 26.8 Å². The predicted octanol–water partition coefficient (Wildman–Crippen LogP) is 5.90. The second-order valence-electron chi connectivity index (χ2n) is 4.95. The van der Waals surface area contributed by atoms with Gasteiger partial charge in [-0.3, -0.25) is 0 Å². The van der Waals surface area contributed by atoms with E-state index in [9.17, 15) is 0 Å². The normalized spacial score (nSPS) is 21.5. The number of benzene rings is 1. The van der Waals surface area contributed by atoms with Crippen molar-refractivity contribution in [2.75, 3.05) is 11.1 Å². The molecule has 0 aliphatic carbocycles. The first-order valence-electron chi connectivity index (χ1n) is 7.00. The molecule has 0 spiro atoms. The van der Waals surface area contributed by atoms with Crippen molar-refractivity contribution in [3.63, 3.8) is 0 Å². The van der Waals surface area contributed by atoms with Gasteiger partial charge in [-0.25, -0.2) is 0 Å². The topological polar surface area (TPSA) is 12.0 Å². The Bertz CT molecular complexity index is 579. The fourth-order valence-corrected chi connectivity index (χ4v) is 5.88. The minimum atomic E-state index is 0.450. The second-order valence-corrected chi connectivity index (χ2v) is 8.88. The van der Waals surface area contributed by atoms with Gasteiger partial charge in [0, 0.05) is 15.8 Å². The van der Waals surface area contributed by atoms with Gasteiger partial charge in [0.05, 0.1) is 10.3 Å². The number of thioether (sulfide) groups is 2. The van der Waals surface area contributed by atoms with Crippen molar-refractivity contribution in [3.8, 4) is 0 Å². The number of nitrogens with one attached hydrogen (secondary N) is 1. The van der Waals surface area contributed by atoms with Crippen molar-refractivity contribution in [1.29, 1.82) is 0 Å². The Labute approximate surface area is 133 Å². The van der Waals surface area contributed by atoms with E-state index in [1.54, 1.807) is 0 Å². The molecule has 0 bridgehead atoms. The SMILES string of the molecule is CCSc1ccccc1NC1C[C@H](C)Sc2sccc21. The molecule has 3 rings (SSSR count). The number of anilines is 1. The van der Waals surface area contributed by atoms with Crippen LogP contribution in [0.2, 0.25) is 0 Å². The maximum atomic E-state index is 3.78. The highest BCUT2D eigenvalue weighted by molar-refractivity contribution is 8.01. The minimum absolute atomic E-state index is 0.450. The van der Waals surface area contributed by atoms with Crippen LogP contribution in [0.15, 0.2) is 44.8 Å². The standard InChI is InChI=1S/C16H19NS3/c1-3-18-15-7-5-4-6-13(15)17-14-10-11(2)20-16-12(14)8-9-19-16/h4-9,11,14,17H,3,10H2,1-2H3/t11-,14?/m0/s1. The number of hydrogen-bond acceptors (Lipinski definition) is 4. The van der Waals surface area contributed by atoms with Gasteiger partial charge < -0.3 is 5.32 Å². The van der Waals surface area contributed by atoms with Gasteiger partial charge in [0.2, 0.25) is 0 Å². The van der Waals surface area contributed by atoms with E-state index in [1.807, 2.05) is 34.9 Å². The average Bonchev–Trinajstić information content (AvgIpc) is 2.89. The maximum absolute atomic E-state index is 3.78. The monoisotopic (exact) mass is 321 g/mol. The number of hydrogen-bond donors (Lipinski definition) is 1. The van der Waals surface area contributed by atoms with Crippen LogP contribution in [0.25, 0.3) is 0 Å². The summed E-state index contributed by atoms with van der Waals surface area (Å²) < 4.78 is 1.49. The van der Waals surface area contributed by atoms with Gasteiger partial charge in [-0.2, -0.15) is 0 Å². The summed E-state index contributed by atoms with van der Waals surface area (Å²) in [5, 5.41) is 6.68. The molecule has 2 atom stereocenters. The molecule has 2 heterocycles. The third-order valence-electron chi connectivity index (χ3n) is 3.43. The molecule has 1 nitrogen and oxygen atoms in total. The molecule has 1 N–H and O–H groups in total. The number of fused-ring (bicyclic) bond motifs is 1. The van der Waals surface area contributed by atoms with Gasteiger partial charge >= 0.3 is 0 Å². The van der Waals surface area contributed by atoms with E-state index in [0.29, 0.717) is 11.3 Å². The minimum Gasteiger partial charge on any atom is -0.377 e. The Morgan fingerprint density at radius 1 is 1.30 bits per heavy atom. The fraction of sp³-hybridized carbons (Fsp3) is 0.375. The van der Waals surface area contributed by atoms with Gasteiger partial charge in [0.25, 0.3) is 0 Å². The summed E-state index contributed by atoms with van der Waals surface area (Å²) in [5.74, 6) is 1.11. The van der Waals surface area contributed by atoms with Crippen LogP contribution in [0.3, 0.4) is 0 Å². The summed E-state index contributed by atoms with van der Waals surface area (Å²) in [4.78, 5) is 1.36. The molecule has 1 aliphatic heterocycles. The first-order valence-corrected chi connectivity index (χ1v) is 9.75. The van der Waals surface area contributed by atoms with E-state index in [2.05, 4.69) is 54.9 Å².